The van der Waals surface area contributed by atoms with Gasteiger partial charge in [-0.15, -0.1) is 0 Å². The van der Waals surface area contributed by atoms with Gasteiger partial charge in [0.1, 0.15) is 0 Å². The minimum atomic E-state index is -3.13. The van der Waals surface area contributed by atoms with E-state index in [9.17, 15) is 0 Å². The third-order valence-electron chi connectivity index (χ3n) is 1.62. The predicted molar refractivity (Wildman–Crippen MR) is 68.0 cm³/mol. The van der Waals surface area contributed by atoms with Crippen LogP contribution in [0, 0.1) is 0 Å². The van der Waals surface area contributed by atoms with Crippen LogP contribution in [-0.4, -0.2) is 31.9 Å². The molecule has 0 heterocycles. The molecule has 0 aromatic heterocycles. The number of unbranched alkanes of at least 4 members (excludes halogenated alkanes) is 4. The van der Waals surface area contributed by atoms with Gasteiger partial charge in [0.2, 0.25) is 0 Å². The van der Waals surface area contributed by atoms with Gasteiger partial charge in [-0.3, -0.25) is 4.46 Å². The van der Waals surface area contributed by atoms with Gasteiger partial charge in [-0.25, -0.2) is 0 Å². The molecule has 0 aromatic rings. The molecule has 0 aliphatic heterocycles. The zero-order valence-corrected chi connectivity index (χ0v) is 11.6. The Balaban J connectivity index is -0.000000162. The highest BCUT2D eigenvalue weighted by Gasteiger charge is 1.85. The van der Waals surface area contributed by atoms with Crippen molar-refractivity contribution >= 4 is 9.17 Å². The molecule has 0 amide bonds. The van der Waals surface area contributed by atoms with Crippen LogP contribution in [0.1, 0.15) is 52.4 Å². The minimum Gasteiger partial charge on any atom is -0.511 e. The topological polar surface area (TPSA) is 110 Å². The molecule has 5 nitrogen and oxygen atoms in total. The lowest BCUT2D eigenvalue weighted by molar-refractivity contribution is 0.330. The predicted octanol–water partition coefficient (Wildman–Crippen LogP) is 0.657. The molecule has 0 spiro atoms. The van der Waals surface area contributed by atoms with Crippen LogP contribution in [0.25, 0.3) is 0 Å². The summed E-state index contributed by atoms with van der Waals surface area (Å²) in [6.45, 7) is 6.06. The molecule has 16 heavy (non-hydrogen) atoms. The number of nitrogens with two attached hydrogens (primary N) is 2. The van der Waals surface area contributed by atoms with Crippen molar-refractivity contribution in [1.29, 1.82) is 0 Å². The standard InChI is InChI=1S/2C5H13N.H2O3Si/c2*1-2-3-4-5-6;1-4(2)3/h2*2-6H2,1H3;1-2H. The zero-order chi connectivity index (χ0) is 13.2. The van der Waals surface area contributed by atoms with E-state index in [1.165, 1.54) is 38.5 Å². The quantitative estimate of drug-likeness (QED) is 0.410. The van der Waals surface area contributed by atoms with Crippen LogP contribution < -0.4 is 11.5 Å². The highest BCUT2D eigenvalue weighted by Crippen LogP contribution is 1.88. The molecular weight excluding hydrogens is 224 g/mol. The van der Waals surface area contributed by atoms with Crippen molar-refractivity contribution in [3.63, 3.8) is 0 Å². The first-order valence-electron chi connectivity index (χ1n) is 5.88. The molecule has 0 rings (SSSR count). The summed E-state index contributed by atoms with van der Waals surface area (Å²) in [5.74, 6) is 0. The number of rotatable bonds is 6. The van der Waals surface area contributed by atoms with Crippen LogP contribution in [0.4, 0.5) is 0 Å². The van der Waals surface area contributed by atoms with Crippen LogP contribution >= 0.6 is 0 Å². The second-order valence-electron chi connectivity index (χ2n) is 3.27. The first-order chi connectivity index (χ1) is 7.56. The summed E-state index contributed by atoms with van der Waals surface area (Å²) in [6, 6.07) is 0. The van der Waals surface area contributed by atoms with Gasteiger partial charge in [0.15, 0.2) is 0 Å². The van der Waals surface area contributed by atoms with Crippen LogP contribution in [0.15, 0.2) is 0 Å². The Hall–Kier alpha value is -0.463. The minimum absolute atomic E-state index is 0.855. The van der Waals surface area contributed by atoms with Gasteiger partial charge in [0.25, 0.3) is 0 Å². The van der Waals surface area contributed by atoms with E-state index < -0.39 is 9.17 Å². The summed E-state index contributed by atoms with van der Waals surface area (Å²) in [5, 5.41) is 0. The van der Waals surface area contributed by atoms with E-state index in [2.05, 4.69) is 13.8 Å². The summed E-state index contributed by atoms with van der Waals surface area (Å²) in [6.07, 6.45) is 7.51. The van der Waals surface area contributed by atoms with E-state index in [0.717, 1.165) is 13.1 Å². The Kier molecular flexibility index (Phi) is 31.3. The second kappa shape index (κ2) is 24.0. The highest BCUT2D eigenvalue weighted by atomic mass is 28.3. The molecule has 0 bridgehead atoms. The molecule has 0 saturated carbocycles. The molecule has 100 valence electrons. The fourth-order valence-corrected chi connectivity index (χ4v) is 0.789. The van der Waals surface area contributed by atoms with Crippen molar-refractivity contribution in [3.8, 4) is 0 Å². The molecule has 0 aromatic carbocycles. The average molecular weight is 252 g/mol. The molecule has 0 aliphatic rings. The van der Waals surface area contributed by atoms with E-state index in [0.29, 0.717) is 0 Å². The monoisotopic (exact) mass is 252 g/mol. The van der Waals surface area contributed by atoms with Crippen molar-refractivity contribution in [3.05, 3.63) is 0 Å². The van der Waals surface area contributed by atoms with Gasteiger partial charge in [-0.2, -0.15) is 0 Å². The fourth-order valence-electron chi connectivity index (χ4n) is 0.789. The van der Waals surface area contributed by atoms with E-state index >= 15 is 0 Å². The van der Waals surface area contributed by atoms with Crippen LogP contribution in [0.2, 0.25) is 0 Å². The maximum absolute atomic E-state index is 8.74. The largest absolute Gasteiger partial charge is 0.761 e. The molecule has 0 saturated heterocycles. The zero-order valence-electron chi connectivity index (χ0n) is 10.6. The first-order valence-corrected chi connectivity index (χ1v) is 7.18. The van der Waals surface area contributed by atoms with Gasteiger partial charge < -0.3 is 21.1 Å². The Morgan fingerprint density at radius 2 is 1.12 bits per heavy atom. The summed E-state index contributed by atoms with van der Waals surface area (Å²) < 4.78 is 8.74. The molecule has 0 aliphatic carbocycles. The Morgan fingerprint density at radius 1 is 0.875 bits per heavy atom. The lowest BCUT2D eigenvalue weighted by Gasteiger charge is -1.86. The smallest absolute Gasteiger partial charge is 0.511 e. The maximum Gasteiger partial charge on any atom is 0.761 e. The third kappa shape index (κ3) is 69.4. The van der Waals surface area contributed by atoms with Gasteiger partial charge >= 0.3 is 9.17 Å². The molecule has 6 N–H and O–H groups in total. The van der Waals surface area contributed by atoms with Crippen molar-refractivity contribution in [1.82, 2.24) is 0 Å². The third-order valence-corrected chi connectivity index (χ3v) is 1.62. The molecule has 6 heteroatoms. The summed E-state index contributed by atoms with van der Waals surface area (Å²) in [5.41, 5.74) is 10.4. The van der Waals surface area contributed by atoms with Gasteiger partial charge in [0, 0.05) is 0 Å². The Bertz CT molecular complexity index is 107. The lowest BCUT2D eigenvalue weighted by atomic mass is 10.3. The van der Waals surface area contributed by atoms with Crippen molar-refractivity contribution in [2.24, 2.45) is 11.5 Å². The molecular formula is C10H28N2O3Si. The molecule has 0 atom stereocenters. The summed E-state index contributed by atoms with van der Waals surface area (Å²) >= 11 is 0. The number of hydrogen-bond acceptors (Lipinski definition) is 3. The fraction of sp³-hybridized carbons (Fsp3) is 1.00. The van der Waals surface area contributed by atoms with Crippen molar-refractivity contribution < 1.29 is 14.1 Å². The molecule has 0 unspecified atom stereocenters. The van der Waals surface area contributed by atoms with Crippen LogP contribution in [-0.2, 0) is 4.46 Å². The Morgan fingerprint density at radius 3 is 1.19 bits per heavy atom. The van der Waals surface area contributed by atoms with Crippen LogP contribution in [0.3, 0.4) is 0 Å². The SMILES string of the molecule is CCCCCN.CCCCCN.O=[Si](O)O. The second-order valence-corrected chi connectivity index (χ2v) is 3.84. The Labute approximate surface area is 101 Å². The highest BCUT2D eigenvalue weighted by molar-refractivity contribution is 6.22. The normalized spacial score (nSPS) is 8.25. The maximum atomic E-state index is 8.74. The van der Waals surface area contributed by atoms with Crippen molar-refractivity contribution in [2.45, 2.75) is 52.4 Å². The summed E-state index contributed by atoms with van der Waals surface area (Å²) in [7, 11) is -3.13. The summed E-state index contributed by atoms with van der Waals surface area (Å²) in [4.78, 5) is 14.3. The van der Waals surface area contributed by atoms with E-state index in [1.807, 2.05) is 0 Å². The van der Waals surface area contributed by atoms with Gasteiger partial charge in [0.05, 0.1) is 0 Å². The van der Waals surface area contributed by atoms with E-state index in [4.69, 9.17) is 25.5 Å². The lowest BCUT2D eigenvalue weighted by Crippen LogP contribution is -1.96. The number of hydrogen-bond donors (Lipinski definition) is 4. The van der Waals surface area contributed by atoms with E-state index in [1.54, 1.807) is 0 Å². The van der Waals surface area contributed by atoms with Gasteiger partial charge in [-0.05, 0) is 25.9 Å². The van der Waals surface area contributed by atoms with Crippen molar-refractivity contribution in [2.75, 3.05) is 13.1 Å². The first kappa shape index (κ1) is 20.9. The van der Waals surface area contributed by atoms with Crippen LogP contribution in [0.5, 0.6) is 0 Å². The van der Waals surface area contributed by atoms with Gasteiger partial charge in [-0.1, -0.05) is 39.5 Å². The molecule has 0 radical (unpaired) electrons. The molecule has 0 fully saturated rings. The van der Waals surface area contributed by atoms with E-state index in [-0.39, 0.29) is 0 Å². The average Bonchev–Trinajstić information content (AvgIpc) is 2.23.